The van der Waals surface area contributed by atoms with Gasteiger partial charge in [-0.25, -0.2) is 10.2 Å². The van der Waals surface area contributed by atoms with Gasteiger partial charge in [0.1, 0.15) is 12.4 Å². The van der Waals surface area contributed by atoms with Crippen LogP contribution in [-0.4, -0.2) is 43.5 Å². The lowest BCUT2D eigenvalue weighted by molar-refractivity contribution is -0.139. The van der Waals surface area contributed by atoms with E-state index in [9.17, 15) is 9.59 Å². The highest BCUT2D eigenvalue weighted by Gasteiger charge is 2.32. The Labute approximate surface area is 286 Å². The molecule has 1 aliphatic heterocycles. The molecule has 1 heterocycles. The first-order valence-corrected chi connectivity index (χ1v) is 15.9. The van der Waals surface area contributed by atoms with Crippen LogP contribution >= 0.6 is 28.1 Å². The fourth-order valence-corrected chi connectivity index (χ4v) is 5.71. The number of ether oxygens (including phenoxy) is 4. The van der Waals surface area contributed by atoms with Crippen molar-refractivity contribution in [2.75, 3.05) is 20.3 Å². The number of thiocarbonyl (C=S) groups is 1. The zero-order valence-electron chi connectivity index (χ0n) is 26.0. The highest BCUT2D eigenvalue weighted by Crippen LogP contribution is 2.35. The number of carbonyl (C=O) groups excluding carboxylic acids is 2. The summed E-state index contributed by atoms with van der Waals surface area (Å²) in [6.07, 6.45) is 1.49. The number of allylic oxidation sites excluding steroid dienone is 1. The summed E-state index contributed by atoms with van der Waals surface area (Å²) in [5.41, 5.74) is 5.74. The standard InChI is InChI=1S/C35H33BrN4O6S/c1-4-44-34(42)32-21(2)38-35(47)39-33(32)26-11-7-8-12-28(26)46-20-31(41)40-37-18-25-16-29(43-3)30(17-27(25)36)45-19-22-13-14-23-9-5-6-10-24(23)15-22/h5-18,33H,4,19-20H2,1-3H3,(H,40,41)(H2,38,39,47)/t33-/m1/s1. The van der Waals surface area contributed by atoms with Crippen LogP contribution in [-0.2, 0) is 20.9 Å². The molecule has 4 aromatic rings. The van der Waals surface area contributed by atoms with Crippen LogP contribution in [0.3, 0.4) is 0 Å². The molecule has 0 saturated carbocycles. The topological polar surface area (TPSA) is 120 Å². The van der Waals surface area contributed by atoms with Gasteiger partial charge in [-0.3, -0.25) is 4.79 Å². The first-order valence-electron chi connectivity index (χ1n) is 14.7. The number of hydrogen-bond donors (Lipinski definition) is 3. The lowest BCUT2D eigenvalue weighted by Gasteiger charge is -2.30. The second-order valence-electron chi connectivity index (χ2n) is 10.4. The molecule has 47 heavy (non-hydrogen) atoms. The van der Waals surface area contributed by atoms with E-state index in [1.807, 2.05) is 24.3 Å². The number of fused-ring (bicyclic) bond motifs is 1. The number of carbonyl (C=O) groups is 2. The summed E-state index contributed by atoms with van der Waals surface area (Å²) >= 11 is 8.89. The van der Waals surface area contributed by atoms with E-state index < -0.39 is 17.9 Å². The van der Waals surface area contributed by atoms with E-state index in [1.165, 1.54) is 11.6 Å². The predicted octanol–water partition coefficient (Wildman–Crippen LogP) is 6.07. The normalized spacial score (nSPS) is 14.4. The lowest BCUT2D eigenvalue weighted by Crippen LogP contribution is -2.45. The molecule has 242 valence electrons. The van der Waals surface area contributed by atoms with Gasteiger partial charge in [-0.1, -0.05) is 54.6 Å². The van der Waals surface area contributed by atoms with Crippen LogP contribution in [0.4, 0.5) is 0 Å². The molecule has 0 radical (unpaired) electrons. The van der Waals surface area contributed by atoms with Crippen LogP contribution in [0.2, 0.25) is 0 Å². The maximum Gasteiger partial charge on any atom is 0.338 e. The van der Waals surface area contributed by atoms with Crippen molar-refractivity contribution in [1.82, 2.24) is 16.1 Å². The van der Waals surface area contributed by atoms with Crippen molar-refractivity contribution < 1.29 is 28.5 Å². The van der Waals surface area contributed by atoms with Gasteiger partial charge >= 0.3 is 5.97 Å². The smallest absolute Gasteiger partial charge is 0.338 e. The summed E-state index contributed by atoms with van der Waals surface area (Å²) in [7, 11) is 1.56. The van der Waals surface area contributed by atoms with Crippen molar-refractivity contribution in [3.8, 4) is 17.2 Å². The zero-order chi connectivity index (χ0) is 33.3. The Bertz CT molecular complexity index is 1880. The quantitative estimate of drug-likeness (QED) is 0.0694. The monoisotopic (exact) mass is 716 g/mol. The molecule has 1 aliphatic rings. The number of esters is 1. The molecular formula is C35H33BrN4O6S. The molecule has 1 amide bonds. The summed E-state index contributed by atoms with van der Waals surface area (Å²) in [4.78, 5) is 25.5. The lowest BCUT2D eigenvalue weighted by atomic mass is 9.95. The highest BCUT2D eigenvalue weighted by atomic mass is 79.9. The second kappa shape index (κ2) is 15.6. The first-order chi connectivity index (χ1) is 22.8. The third-order valence-electron chi connectivity index (χ3n) is 7.24. The molecular weight excluding hydrogens is 684 g/mol. The van der Waals surface area contributed by atoms with Crippen LogP contribution in [0, 0.1) is 0 Å². The van der Waals surface area contributed by atoms with Gasteiger partial charge in [0.15, 0.2) is 23.2 Å². The van der Waals surface area contributed by atoms with Gasteiger partial charge < -0.3 is 29.6 Å². The van der Waals surface area contributed by atoms with Gasteiger partial charge in [-0.15, -0.1) is 0 Å². The summed E-state index contributed by atoms with van der Waals surface area (Å²) < 4.78 is 23.5. The van der Waals surface area contributed by atoms with Crippen molar-refractivity contribution in [2.24, 2.45) is 5.10 Å². The number of methoxy groups -OCH3 is 1. The summed E-state index contributed by atoms with van der Waals surface area (Å²) in [6, 6.07) is 24.4. The minimum absolute atomic E-state index is 0.221. The van der Waals surface area contributed by atoms with E-state index in [4.69, 9.17) is 31.2 Å². The summed E-state index contributed by atoms with van der Waals surface area (Å²) in [5, 5.41) is 12.8. The van der Waals surface area contributed by atoms with E-state index in [0.29, 0.717) is 55.8 Å². The van der Waals surface area contributed by atoms with E-state index in [1.54, 1.807) is 51.3 Å². The van der Waals surface area contributed by atoms with Crippen LogP contribution in [0.5, 0.6) is 17.2 Å². The third kappa shape index (κ3) is 8.27. The van der Waals surface area contributed by atoms with Crippen molar-refractivity contribution in [1.29, 1.82) is 0 Å². The molecule has 10 nitrogen and oxygen atoms in total. The molecule has 0 bridgehead atoms. The maximum absolute atomic E-state index is 12.8. The van der Waals surface area contributed by atoms with Crippen LogP contribution in [0.1, 0.15) is 36.6 Å². The van der Waals surface area contributed by atoms with Gasteiger partial charge in [-0.2, -0.15) is 5.10 Å². The molecule has 0 unspecified atom stereocenters. The second-order valence-corrected chi connectivity index (χ2v) is 11.7. The fraction of sp³-hybridized carbons (Fsp3) is 0.200. The fourth-order valence-electron chi connectivity index (χ4n) is 5.02. The minimum atomic E-state index is -0.632. The van der Waals surface area contributed by atoms with Crippen molar-refractivity contribution in [3.05, 3.63) is 111 Å². The first kappa shape index (κ1) is 33.4. The molecule has 1 atom stereocenters. The number of nitrogens with zero attached hydrogens (tertiary/aromatic N) is 1. The maximum atomic E-state index is 12.8. The van der Waals surface area contributed by atoms with E-state index in [-0.39, 0.29) is 13.2 Å². The Morgan fingerprint density at radius 3 is 2.53 bits per heavy atom. The van der Waals surface area contributed by atoms with E-state index in [0.717, 1.165) is 10.9 Å². The number of hydrazone groups is 1. The average molecular weight is 718 g/mol. The van der Waals surface area contributed by atoms with Gasteiger partial charge in [0.2, 0.25) is 0 Å². The minimum Gasteiger partial charge on any atom is -0.493 e. The Morgan fingerprint density at radius 1 is 0.979 bits per heavy atom. The van der Waals surface area contributed by atoms with Crippen LogP contribution in [0.15, 0.2) is 99.7 Å². The highest BCUT2D eigenvalue weighted by molar-refractivity contribution is 9.10. The number of hydrogen-bond acceptors (Lipinski definition) is 8. The summed E-state index contributed by atoms with van der Waals surface area (Å²) in [6.45, 7) is 3.75. The Balaban J connectivity index is 1.21. The largest absolute Gasteiger partial charge is 0.493 e. The van der Waals surface area contributed by atoms with Gasteiger partial charge in [0.25, 0.3) is 5.91 Å². The van der Waals surface area contributed by atoms with Crippen LogP contribution < -0.4 is 30.3 Å². The van der Waals surface area contributed by atoms with Gasteiger partial charge in [0, 0.05) is 21.3 Å². The van der Waals surface area contributed by atoms with Crippen molar-refractivity contribution in [3.63, 3.8) is 0 Å². The summed E-state index contributed by atoms with van der Waals surface area (Å²) in [5.74, 6) is 0.502. The molecule has 4 aromatic carbocycles. The molecule has 0 aliphatic carbocycles. The number of para-hydroxylation sites is 1. The van der Waals surface area contributed by atoms with Gasteiger partial charge in [-0.05, 0) is 82.6 Å². The molecule has 0 spiro atoms. The number of halogens is 1. The SMILES string of the molecule is CCOC(=O)C1=C(C)NC(=S)N[C@@H]1c1ccccc1OCC(=O)NN=Cc1cc(OC)c(OCc2ccc3ccccc3c2)cc1Br. The molecule has 5 rings (SSSR count). The van der Waals surface area contributed by atoms with Crippen molar-refractivity contribution >= 4 is 62.1 Å². The molecule has 0 saturated heterocycles. The molecule has 12 heteroatoms. The molecule has 0 fully saturated rings. The number of benzene rings is 4. The Kier molecular flexibility index (Phi) is 11.1. The number of rotatable bonds is 12. The third-order valence-corrected chi connectivity index (χ3v) is 8.14. The predicted molar refractivity (Wildman–Crippen MR) is 188 cm³/mol. The van der Waals surface area contributed by atoms with Crippen molar-refractivity contribution in [2.45, 2.75) is 26.5 Å². The van der Waals surface area contributed by atoms with E-state index in [2.05, 4.69) is 61.4 Å². The Morgan fingerprint density at radius 2 is 1.74 bits per heavy atom. The Hall–Kier alpha value is -4.94. The van der Waals surface area contributed by atoms with Gasteiger partial charge in [0.05, 0.1) is 31.5 Å². The molecule has 0 aromatic heterocycles. The molecule has 3 N–H and O–H groups in total. The number of amides is 1. The number of nitrogens with one attached hydrogen (secondary N) is 3. The van der Waals surface area contributed by atoms with E-state index >= 15 is 0 Å². The van der Waals surface area contributed by atoms with Crippen LogP contribution in [0.25, 0.3) is 10.8 Å². The average Bonchev–Trinajstić information content (AvgIpc) is 3.07. The zero-order valence-corrected chi connectivity index (χ0v) is 28.4.